The third-order valence-electron chi connectivity index (χ3n) is 2.52. The van der Waals surface area contributed by atoms with Crippen LogP contribution in [0.5, 0.6) is 5.75 Å². The summed E-state index contributed by atoms with van der Waals surface area (Å²) in [6, 6.07) is 8.70. The number of para-hydroxylation sites is 1. The molecule has 1 aliphatic rings. The van der Waals surface area contributed by atoms with E-state index < -0.39 is 22.1 Å². The Labute approximate surface area is 125 Å². The molecular formula is C12H11Cl2NO3S. The number of hydrogen-bond acceptors (Lipinski definition) is 4. The van der Waals surface area contributed by atoms with Gasteiger partial charge in [0.15, 0.2) is 10.2 Å². The summed E-state index contributed by atoms with van der Waals surface area (Å²) in [6.07, 6.45) is 0. The van der Waals surface area contributed by atoms with Crippen LogP contribution in [0.4, 0.5) is 0 Å². The Morgan fingerprint density at radius 3 is 2.63 bits per heavy atom. The molecule has 1 heterocycles. The third-order valence-corrected chi connectivity index (χ3v) is 4.08. The van der Waals surface area contributed by atoms with Crippen LogP contribution < -0.4 is 4.74 Å². The number of amides is 1. The number of rotatable bonds is 3. The van der Waals surface area contributed by atoms with E-state index in [1.165, 1.54) is 16.7 Å². The van der Waals surface area contributed by atoms with Crippen LogP contribution in [0.1, 0.15) is 0 Å². The average molecular weight is 320 g/mol. The van der Waals surface area contributed by atoms with E-state index in [1.54, 1.807) is 24.3 Å². The summed E-state index contributed by atoms with van der Waals surface area (Å²) in [7, 11) is 0. The number of thioether (sulfide) groups is 1. The number of esters is 1. The van der Waals surface area contributed by atoms with Crippen molar-refractivity contribution in [2.24, 2.45) is 0 Å². The fraction of sp³-hybridized carbons (Fsp3) is 0.333. The first kappa shape index (κ1) is 14.5. The summed E-state index contributed by atoms with van der Waals surface area (Å²) in [5.74, 6) is 0.140. The molecule has 0 bridgehead atoms. The lowest BCUT2D eigenvalue weighted by Gasteiger charge is -2.22. The van der Waals surface area contributed by atoms with Crippen molar-refractivity contribution >= 4 is 46.8 Å². The van der Waals surface area contributed by atoms with Crippen LogP contribution in [0, 0.1) is 0 Å². The number of benzene rings is 1. The molecule has 1 aromatic rings. The van der Waals surface area contributed by atoms with Crippen molar-refractivity contribution < 1.29 is 14.3 Å². The van der Waals surface area contributed by atoms with Crippen LogP contribution in [-0.2, 0) is 9.59 Å². The van der Waals surface area contributed by atoms with Gasteiger partial charge in [0.1, 0.15) is 5.75 Å². The first-order valence-electron chi connectivity index (χ1n) is 5.56. The van der Waals surface area contributed by atoms with Gasteiger partial charge in [0.05, 0.1) is 0 Å². The molecule has 1 saturated heterocycles. The van der Waals surface area contributed by atoms with Gasteiger partial charge in [0.25, 0.3) is 5.91 Å². The number of hydrogen-bond donors (Lipinski definition) is 0. The monoisotopic (exact) mass is 319 g/mol. The Kier molecular flexibility index (Phi) is 4.96. The van der Waals surface area contributed by atoms with E-state index in [1.807, 2.05) is 6.07 Å². The highest BCUT2D eigenvalue weighted by atomic mass is 35.5. The summed E-state index contributed by atoms with van der Waals surface area (Å²) >= 11 is 12.4. The molecule has 0 aliphatic carbocycles. The maximum Gasteiger partial charge on any atom is 0.344 e. The maximum absolute atomic E-state index is 12.0. The van der Waals surface area contributed by atoms with Crippen molar-refractivity contribution in [2.75, 3.05) is 12.3 Å². The molecule has 0 spiro atoms. The zero-order chi connectivity index (χ0) is 13.8. The molecule has 0 saturated carbocycles. The number of carbonyl (C=O) groups excluding carboxylic acids is 2. The number of halogens is 2. The van der Waals surface area contributed by atoms with Crippen LogP contribution in [0.2, 0.25) is 0 Å². The van der Waals surface area contributed by atoms with Crippen molar-refractivity contribution in [1.82, 2.24) is 4.90 Å². The van der Waals surface area contributed by atoms with Crippen LogP contribution in [-0.4, -0.2) is 39.3 Å². The number of alkyl halides is 2. The topological polar surface area (TPSA) is 46.6 Å². The molecule has 4 nitrogen and oxygen atoms in total. The van der Waals surface area contributed by atoms with Crippen LogP contribution in [0.15, 0.2) is 30.3 Å². The molecule has 0 N–H and O–H groups in total. The van der Waals surface area contributed by atoms with E-state index in [0.29, 0.717) is 18.0 Å². The molecule has 102 valence electrons. The molecule has 19 heavy (non-hydrogen) atoms. The van der Waals surface area contributed by atoms with Crippen molar-refractivity contribution in [3.05, 3.63) is 30.3 Å². The predicted molar refractivity (Wildman–Crippen MR) is 75.5 cm³/mol. The van der Waals surface area contributed by atoms with Gasteiger partial charge in [0, 0.05) is 12.3 Å². The minimum Gasteiger partial charge on any atom is -0.424 e. The number of carbonyl (C=O) groups is 2. The van der Waals surface area contributed by atoms with Gasteiger partial charge >= 0.3 is 5.97 Å². The van der Waals surface area contributed by atoms with Gasteiger partial charge in [-0.25, -0.2) is 4.79 Å². The first-order chi connectivity index (χ1) is 9.09. The summed E-state index contributed by atoms with van der Waals surface area (Å²) < 4.78 is 5.22. The van der Waals surface area contributed by atoms with E-state index in [2.05, 4.69) is 0 Å². The Morgan fingerprint density at radius 2 is 2.00 bits per heavy atom. The van der Waals surface area contributed by atoms with E-state index in [4.69, 9.17) is 27.9 Å². The van der Waals surface area contributed by atoms with Crippen molar-refractivity contribution in [3.63, 3.8) is 0 Å². The van der Waals surface area contributed by atoms with Crippen LogP contribution in [0.3, 0.4) is 0 Å². The SMILES string of the molecule is O=C(Oc1ccccc1)C1SCCN1C(=O)C(Cl)Cl. The highest BCUT2D eigenvalue weighted by molar-refractivity contribution is 8.00. The van der Waals surface area contributed by atoms with Gasteiger partial charge in [-0.3, -0.25) is 4.79 Å². The van der Waals surface area contributed by atoms with Crippen LogP contribution >= 0.6 is 35.0 Å². The maximum atomic E-state index is 12.0. The lowest BCUT2D eigenvalue weighted by atomic mass is 10.3. The molecule has 1 atom stereocenters. The average Bonchev–Trinajstić information content (AvgIpc) is 2.88. The third kappa shape index (κ3) is 3.55. The van der Waals surface area contributed by atoms with E-state index in [9.17, 15) is 9.59 Å². The van der Waals surface area contributed by atoms with E-state index in [0.717, 1.165) is 0 Å². The standard InChI is InChI=1S/C12H11Cl2NO3S/c13-9(14)10(16)15-6-7-19-11(15)12(17)18-8-4-2-1-3-5-8/h1-5,9,11H,6-7H2. The minimum atomic E-state index is -1.16. The summed E-state index contributed by atoms with van der Waals surface area (Å²) in [6.45, 7) is 0.438. The first-order valence-corrected chi connectivity index (χ1v) is 7.49. The van der Waals surface area contributed by atoms with Crippen molar-refractivity contribution in [3.8, 4) is 5.75 Å². The van der Waals surface area contributed by atoms with Gasteiger partial charge in [-0.2, -0.15) is 0 Å². The molecule has 0 radical (unpaired) electrons. The number of ether oxygens (including phenoxy) is 1. The second-order valence-electron chi connectivity index (χ2n) is 3.79. The Morgan fingerprint density at radius 1 is 1.32 bits per heavy atom. The normalized spacial score (nSPS) is 18.7. The Bertz CT molecular complexity index is 469. The quantitative estimate of drug-likeness (QED) is 0.487. The summed E-state index contributed by atoms with van der Waals surface area (Å²) in [5, 5.41) is -0.687. The zero-order valence-electron chi connectivity index (χ0n) is 9.79. The Balaban J connectivity index is 2.04. The predicted octanol–water partition coefficient (Wildman–Crippen LogP) is 2.30. The lowest BCUT2D eigenvalue weighted by molar-refractivity contribution is -0.142. The molecule has 0 aromatic heterocycles. The Hall–Kier alpha value is -0.910. The van der Waals surface area contributed by atoms with Gasteiger partial charge < -0.3 is 9.64 Å². The fourth-order valence-electron chi connectivity index (χ4n) is 1.67. The smallest absolute Gasteiger partial charge is 0.344 e. The summed E-state index contributed by atoms with van der Waals surface area (Å²) in [5.41, 5.74) is 0. The van der Waals surface area contributed by atoms with Gasteiger partial charge in [0.2, 0.25) is 0 Å². The zero-order valence-corrected chi connectivity index (χ0v) is 12.1. The molecular weight excluding hydrogens is 309 g/mol. The van der Waals surface area contributed by atoms with E-state index in [-0.39, 0.29) is 0 Å². The second kappa shape index (κ2) is 6.50. The molecule has 2 rings (SSSR count). The van der Waals surface area contributed by atoms with Gasteiger partial charge in [-0.1, -0.05) is 41.4 Å². The van der Waals surface area contributed by atoms with Crippen molar-refractivity contribution in [1.29, 1.82) is 0 Å². The molecule has 1 aromatic carbocycles. The highest BCUT2D eigenvalue weighted by Crippen LogP contribution is 2.27. The van der Waals surface area contributed by atoms with Crippen molar-refractivity contribution in [2.45, 2.75) is 10.2 Å². The molecule has 1 fully saturated rings. The molecule has 7 heteroatoms. The van der Waals surface area contributed by atoms with Gasteiger partial charge in [-0.15, -0.1) is 11.8 Å². The van der Waals surface area contributed by atoms with E-state index >= 15 is 0 Å². The number of nitrogens with zero attached hydrogens (tertiary/aromatic N) is 1. The fourth-order valence-corrected chi connectivity index (χ4v) is 3.02. The van der Waals surface area contributed by atoms with Crippen LogP contribution in [0.25, 0.3) is 0 Å². The second-order valence-corrected chi connectivity index (χ2v) is 6.07. The molecule has 1 amide bonds. The molecule has 1 unspecified atom stereocenters. The lowest BCUT2D eigenvalue weighted by Crippen LogP contribution is -2.43. The molecule has 1 aliphatic heterocycles. The summed E-state index contributed by atoms with van der Waals surface area (Å²) in [4.78, 5) is 24.0. The largest absolute Gasteiger partial charge is 0.424 e. The van der Waals surface area contributed by atoms with Gasteiger partial charge in [-0.05, 0) is 12.1 Å². The minimum absolute atomic E-state index is 0.438. The highest BCUT2D eigenvalue weighted by Gasteiger charge is 2.38.